The van der Waals surface area contributed by atoms with E-state index in [1.54, 1.807) is 22.7 Å². The average molecular weight is 781 g/mol. The van der Waals surface area contributed by atoms with Gasteiger partial charge in [0.15, 0.2) is 23.3 Å². The van der Waals surface area contributed by atoms with Crippen LogP contribution in [0.25, 0.3) is 108 Å². The van der Waals surface area contributed by atoms with Crippen molar-refractivity contribution < 1.29 is 0 Å². The minimum atomic E-state index is 0.519. The number of nitrogens with zero attached hydrogens (tertiary/aromatic N) is 6. The zero-order valence-corrected chi connectivity index (χ0v) is 32.9. The normalized spacial score (nSPS) is 11.5. The van der Waals surface area contributed by atoms with Gasteiger partial charge < -0.3 is 4.57 Å². The first-order chi connectivity index (χ1) is 28.7. The molecule has 5 heterocycles. The van der Waals surface area contributed by atoms with Gasteiger partial charge in [-0.15, -0.1) is 22.7 Å². The smallest absolute Gasteiger partial charge is 0.184 e. The van der Waals surface area contributed by atoms with Crippen LogP contribution in [0.2, 0.25) is 0 Å². The second-order valence-corrected chi connectivity index (χ2v) is 16.2. The van der Waals surface area contributed by atoms with E-state index in [4.69, 9.17) is 24.9 Å². The lowest BCUT2D eigenvalue weighted by Gasteiger charge is -2.11. The highest BCUT2D eigenvalue weighted by Gasteiger charge is 2.23. The van der Waals surface area contributed by atoms with E-state index < -0.39 is 0 Å². The highest BCUT2D eigenvalue weighted by molar-refractivity contribution is 7.26. The molecule has 0 unspecified atom stereocenters. The number of rotatable bonds is 4. The van der Waals surface area contributed by atoms with Gasteiger partial charge in [-0.1, -0.05) is 146 Å². The maximum atomic E-state index is 5.41. The van der Waals surface area contributed by atoms with Gasteiger partial charge in [0.1, 0.15) is 5.69 Å². The average Bonchev–Trinajstić information content (AvgIpc) is 3.96. The lowest BCUT2D eigenvalue weighted by Crippen LogP contribution is -2.03. The van der Waals surface area contributed by atoms with Crippen LogP contribution in [0.3, 0.4) is 0 Å². The first kappa shape index (κ1) is 34.1. The summed E-state index contributed by atoms with van der Waals surface area (Å²) in [5.74, 6) is 2.37. The van der Waals surface area contributed by atoms with Crippen molar-refractivity contribution in [3.8, 4) is 45.7 Å². The Morgan fingerprint density at radius 3 is 1.69 bits per heavy atom. The molecule has 0 amide bonds. The summed E-state index contributed by atoms with van der Waals surface area (Å²) >= 11 is 3.47. The third kappa shape index (κ3) is 5.72. The van der Waals surface area contributed by atoms with Gasteiger partial charge in [-0.3, -0.25) is 0 Å². The van der Waals surface area contributed by atoms with E-state index in [1.807, 2.05) is 66.7 Å². The molecule has 6 nitrogen and oxygen atoms in total. The SMILES string of the molecule is Cn1c2ccccc2c2c(-c3nc(-c4nc(-c5ccccc5)nc(-c5cccc6sc7ccccc7c56)n4)c4sc5ccccc5c4n3)cccc21.c1ccccc1. The molecule has 0 bridgehead atoms. The fourth-order valence-corrected chi connectivity index (χ4v) is 10.2. The Kier molecular flexibility index (Phi) is 8.31. The van der Waals surface area contributed by atoms with E-state index in [2.05, 4.69) is 121 Å². The predicted molar refractivity (Wildman–Crippen MR) is 243 cm³/mol. The molecule has 58 heavy (non-hydrogen) atoms. The van der Waals surface area contributed by atoms with Crippen LogP contribution >= 0.6 is 22.7 Å². The molecule has 8 heteroatoms. The van der Waals surface area contributed by atoms with Crippen molar-refractivity contribution in [3.05, 3.63) is 176 Å². The van der Waals surface area contributed by atoms with Crippen molar-refractivity contribution in [1.29, 1.82) is 0 Å². The van der Waals surface area contributed by atoms with Crippen molar-refractivity contribution in [2.24, 2.45) is 7.05 Å². The quantitative estimate of drug-likeness (QED) is 0.178. The number of para-hydroxylation sites is 1. The van der Waals surface area contributed by atoms with Crippen LogP contribution in [0.1, 0.15) is 0 Å². The molecule has 0 aliphatic heterocycles. The van der Waals surface area contributed by atoms with E-state index in [9.17, 15) is 0 Å². The molecule has 0 atom stereocenters. The fourth-order valence-electron chi connectivity index (χ4n) is 7.92. The van der Waals surface area contributed by atoms with Gasteiger partial charge in [-0.2, -0.15) is 0 Å². The van der Waals surface area contributed by atoms with Gasteiger partial charge >= 0.3 is 0 Å². The summed E-state index contributed by atoms with van der Waals surface area (Å²) < 4.78 is 6.76. The summed E-state index contributed by atoms with van der Waals surface area (Å²) in [6, 6.07) is 60.4. The maximum absolute atomic E-state index is 5.41. The third-order valence-corrected chi connectivity index (χ3v) is 12.9. The number of aromatic nitrogens is 6. The second-order valence-electron chi connectivity index (χ2n) is 14.1. The molecule has 12 rings (SSSR count). The van der Waals surface area contributed by atoms with Crippen LogP contribution in [-0.2, 0) is 7.05 Å². The van der Waals surface area contributed by atoms with Gasteiger partial charge in [0.25, 0.3) is 0 Å². The Labute approximate surface area is 341 Å². The Bertz CT molecular complexity index is 3450. The van der Waals surface area contributed by atoms with Crippen molar-refractivity contribution in [1.82, 2.24) is 29.5 Å². The Morgan fingerprint density at radius 2 is 0.914 bits per heavy atom. The van der Waals surface area contributed by atoms with Gasteiger partial charge in [-0.25, -0.2) is 24.9 Å². The number of hydrogen-bond acceptors (Lipinski definition) is 7. The first-order valence-corrected chi connectivity index (χ1v) is 20.7. The summed E-state index contributed by atoms with van der Waals surface area (Å²) in [7, 11) is 2.12. The number of aryl methyl sites for hydroxylation is 1. The first-order valence-electron chi connectivity index (χ1n) is 19.1. The summed E-state index contributed by atoms with van der Waals surface area (Å²) in [5.41, 5.74) is 6.74. The van der Waals surface area contributed by atoms with Gasteiger partial charge in [-0.05, 0) is 30.3 Å². The number of fused-ring (bicyclic) bond motifs is 9. The molecule has 274 valence electrons. The van der Waals surface area contributed by atoms with Crippen LogP contribution in [0.15, 0.2) is 176 Å². The number of benzene rings is 7. The monoisotopic (exact) mass is 780 g/mol. The van der Waals surface area contributed by atoms with E-state index in [0.717, 1.165) is 58.8 Å². The molecule has 0 aliphatic rings. The van der Waals surface area contributed by atoms with E-state index in [-0.39, 0.29) is 0 Å². The molecule has 12 aromatic rings. The zero-order chi connectivity index (χ0) is 38.6. The molecule has 0 saturated heterocycles. The molecule has 0 aliphatic carbocycles. The van der Waals surface area contributed by atoms with Gasteiger partial charge in [0.2, 0.25) is 0 Å². The zero-order valence-electron chi connectivity index (χ0n) is 31.2. The third-order valence-electron chi connectivity index (χ3n) is 10.6. The summed E-state index contributed by atoms with van der Waals surface area (Å²) in [6.07, 6.45) is 0. The van der Waals surface area contributed by atoms with E-state index in [1.165, 1.54) is 20.2 Å². The maximum Gasteiger partial charge on any atom is 0.184 e. The Morgan fingerprint density at radius 1 is 0.379 bits per heavy atom. The molecule has 0 N–H and O–H groups in total. The summed E-state index contributed by atoms with van der Waals surface area (Å²) in [6.45, 7) is 0. The minimum absolute atomic E-state index is 0.519. The highest BCUT2D eigenvalue weighted by atomic mass is 32.1. The highest BCUT2D eigenvalue weighted by Crippen LogP contribution is 2.43. The van der Waals surface area contributed by atoms with E-state index in [0.29, 0.717) is 29.0 Å². The summed E-state index contributed by atoms with van der Waals surface area (Å²) in [5, 5.41) is 5.73. The van der Waals surface area contributed by atoms with E-state index >= 15 is 0 Å². The molecule has 5 aromatic heterocycles. The van der Waals surface area contributed by atoms with Crippen LogP contribution in [0.5, 0.6) is 0 Å². The van der Waals surface area contributed by atoms with Crippen LogP contribution in [-0.4, -0.2) is 29.5 Å². The fraction of sp³-hybridized carbons (Fsp3) is 0.0200. The lowest BCUT2D eigenvalue weighted by atomic mass is 10.0. The molecule has 0 radical (unpaired) electrons. The van der Waals surface area contributed by atoms with Crippen molar-refractivity contribution in [3.63, 3.8) is 0 Å². The Hall–Kier alpha value is -7.13. The van der Waals surface area contributed by atoms with Crippen LogP contribution in [0.4, 0.5) is 0 Å². The largest absolute Gasteiger partial charge is 0.344 e. The summed E-state index contributed by atoms with van der Waals surface area (Å²) in [4.78, 5) is 26.4. The molecule has 0 saturated carbocycles. The molecule has 0 fully saturated rings. The minimum Gasteiger partial charge on any atom is -0.344 e. The topological polar surface area (TPSA) is 69.4 Å². The lowest BCUT2D eigenvalue weighted by molar-refractivity contribution is 1.01. The molecular weight excluding hydrogens is 749 g/mol. The second kappa shape index (κ2) is 14.1. The molecular formula is C50H32N6S2. The number of thiophene rings is 2. The van der Waals surface area contributed by atoms with Gasteiger partial charge in [0.05, 0.1) is 10.2 Å². The van der Waals surface area contributed by atoms with Crippen molar-refractivity contribution in [2.75, 3.05) is 0 Å². The number of hydrogen-bond donors (Lipinski definition) is 0. The van der Waals surface area contributed by atoms with Crippen LogP contribution < -0.4 is 0 Å². The standard InChI is InChI=1S/C44H26N6S2.C6H6/c1-50-31-20-8-5-15-26(31)36-29(18-11-21-32(36)50)42-45-38-28-17-7-10-23-34(28)52-40(38)39(46-42)44-48-41(25-13-3-2-4-14-25)47-43(49-44)30-19-12-24-35-37(30)27-16-6-9-22-33(27)51-35;1-2-4-6-5-3-1/h2-24H,1H3;1-6H. The molecule has 7 aromatic carbocycles. The van der Waals surface area contributed by atoms with Gasteiger partial charge in [0, 0.05) is 75.8 Å². The predicted octanol–water partition coefficient (Wildman–Crippen LogP) is 13.4. The van der Waals surface area contributed by atoms with Crippen molar-refractivity contribution in [2.45, 2.75) is 0 Å². The Balaban J connectivity index is 0.000000592. The van der Waals surface area contributed by atoms with Crippen LogP contribution in [0, 0.1) is 0 Å². The van der Waals surface area contributed by atoms with Crippen molar-refractivity contribution >= 4 is 85.0 Å². The molecule has 0 spiro atoms.